The average molecular weight is 273 g/mol. The Bertz CT molecular complexity index is 679. The van der Waals surface area contributed by atoms with Crippen molar-refractivity contribution in [2.75, 3.05) is 6.54 Å². The number of aromatic amines is 1. The normalized spacial score (nSPS) is 20.6. The van der Waals surface area contributed by atoms with Crippen LogP contribution in [0.1, 0.15) is 24.9 Å². The van der Waals surface area contributed by atoms with Gasteiger partial charge in [0.25, 0.3) is 0 Å². The summed E-state index contributed by atoms with van der Waals surface area (Å²) in [7, 11) is 0. The highest BCUT2D eigenvalue weighted by Crippen LogP contribution is 2.29. The number of carboxylic acids is 1. The van der Waals surface area contributed by atoms with Crippen molar-refractivity contribution in [2.24, 2.45) is 5.92 Å². The van der Waals surface area contributed by atoms with E-state index < -0.39 is 11.9 Å². The summed E-state index contributed by atoms with van der Waals surface area (Å²) in [6.07, 6.45) is 1.71. The number of carbonyl (C=O) groups is 2. The number of H-pyrrole nitrogens is 1. The number of imidazole rings is 1. The maximum atomic E-state index is 12.0. The second kappa shape index (κ2) is 4.63. The molecule has 0 radical (unpaired) electrons. The quantitative estimate of drug-likeness (QED) is 0.888. The monoisotopic (exact) mass is 273 g/mol. The lowest BCUT2D eigenvalue weighted by atomic mass is 10.1. The van der Waals surface area contributed by atoms with E-state index in [0.29, 0.717) is 0 Å². The number of fused-ring (bicyclic) bond motifs is 1. The number of hydrogen-bond acceptors (Lipinski definition) is 3. The van der Waals surface area contributed by atoms with Crippen molar-refractivity contribution < 1.29 is 14.7 Å². The Balaban J connectivity index is 1.86. The molecule has 0 bridgehead atoms. The van der Waals surface area contributed by atoms with Crippen LogP contribution in [0.15, 0.2) is 24.5 Å². The van der Waals surface area contributed by atoms with Gasteiger partial charge in [-0.1, -0.05) is 6.07 Å². The molecule has 2 unspecified atom stereocenters. The molecule has 6 heteroatoms. The molecule has 2 N–H and O–H groups in total. The third-order valence-electron chi connectivity index (χ3n) is 3.90. The molecule has 1 saturated heterocycles. The number of nitrogens with zero attached hydrogens (tertiary/aromatic N) is 2. The van der Waals surface area contributed by atoms with E-state index in [2.05, 4.69) is 9.97 Å². The zero-order valence-corrected chi connectivity index (χ0v) is 11.0. The average Bonchev–Trinajstić information content (AvgIpc) is 3.03. The van der Waals surface area contributed by atoms with Crippen molar-refractivity contribution in [1.29, 1.82) is 0 Å². The van der Waals surface area contributed by atoms with Crippen LogP contribution in [-0.4, -0.2) is 38.4 Å². The summed E-state index contributed by atoms with van der Waals surface area (Å²) < 4.78 is 0. The molecular formula is C14H15N3O3. The number of amides is 1. The van der Waals surface area contributed by atoms with Crippen molar-refractivity contribution in [3.05, 3.63) is 30.1 Å². The third-order valence-corrected chi connectivity index (χ3v) is 3.90. The van der Waals surface area contributed by atoms with Gasteiger partial charge in [0.15, 0.2) is 0 Å². The highest BCUT2D eigenvalue weighted by atomic mass is 16.4. The number of aliphatic carboxylic acids is 1. The molecule has 1 aliphatic heterocycles. The Hall–Kier alpha value is -2.37. The van der Waals surface area contributed by atoms with E-state index in [1.165, 1.54) is 0 Å². The van der Waals surface area contributed by atoms with Gasteiger partial charge in [-0.3, -0.25) is 9.59 Å². The number of aromatic nitrogens is 2. The Morgan fingerprint density at radius 3 is 3.05 bits per heavy atom. The number of nitrogens with one attached hydrogen (secondary N) is 1. The molecule has 2 heterocycles. The van der Waals surface area contributed by atoms with E-state index >= 15 is 0 Å². The van der Waals surface area contributed by atoms with Crippen molar-refractivity contribution in [3.63, 3.8) is 0 Å². The number of benzene rings is 1. The minimum absolute atomic E-state index is 0.0893. The van der Waals surface area contributed by atoms with Crippen molar-refractivity contribution >= 4 is 22.9 Å². The maximum absolute atomic E-state index is 12.0. The predicted octanol–water partition coefficient (Wildman–Crippen LogP) is 1.56. The lowest BCUT2D eigenvalue weighted by molar-refractivity contribution is -0.141. The fraction of sp³-hybridized carbons (Fsp3) is 0.357. The molecule has 1 aromatic heterocycles. The van der Waals surface area contributed by atoms with E-state index in [4.69, 9.17) is 5.11 Å². The third kappa shape index (κ3) is 2.03. The molecule has 20 heavy (non-hydrogen) atoms. The van der Waals surface area contributed by atoms with Gasteiger partial charge in [-0.25, -0.2) is 4.98 Å². The van der Waals surface area contributed by atoms with Gasteiger partial charge < -0.3 is 15.0 Å². The molecule has 1 aliphatic rings. The Morgan fingerprint density at radius 2 is 2.35 bits per heavy atom. The van der Waals surface area contributed by atoms with Crippen molar-refractivity contribution in [3.8, 4) is 0 Å². The van der Waals surface area contributed by atoms with Crippen LogP contribution >= 0.6 is 0 Å². The summed E-state index contributed by atoms with van der Waals surface area (Å²) in [6.45, 7) is 2.19. The second-order valence-corrected chi connectivity index (χ2v) is 5.14. The van der Waals surface area contributed by atoms with E-state index in [0.717, 1.165) is 16.6 Å². The Kier molecular flexibility index (Phi) is 2.93. The second-order valence-electron chi connectivity index (χ2n) is 5.14. The summed E-state index contributed by atoms with van der Waals surface area (Å²) in [5.41, 5.74) is 2.76. The molecule has 1 amide bonds. The van der Waals surface area contributed by atoms with Gasteiger partial charge in [-0.15, -0.1) is 0 Å². The van der Waals surface area contributed by atoms with Crippen LogP contribution in [0.25, 0.3) is 11.0 Å². The van der Waals surface area contributed by atoms with E-state index in [9.17, 15) is 9.59 Å². The number of rotatable bonds is 3. The molecule has 2 atom stereocenters. The van der Waals surface area contributed by atoms with Gasteiger partial charge in [0, 0.05) is 13.0 Å². The first-order valence-corrected chi connectivity index (χ1v) is 6.51. The molecule has 104 valence electrons. The van der Waals surface area contributed by atoms with E-state index in [1.54, 1.807) is 11.2 Å². The molecule has 2 aromatic rings. The molecule has 3 rings (SSSR count). The summed E-state index contributed by atoms with van der Waals surface area (Å²) in [6, 6.07) is 5.63. The van der Waals surface area contributed by atoms with Crippen LogP contribution in [-0.2, 0) is 9.59 Å². The summed E-state index contributed by atoms with van der Waals surface area (Å²) in [4.78, 5) is 31.8. The van der Waals surface area contributed by atoms with Crippen LogP contribution in [0.5, 0.6) is 0 Å². The minimum Gasteiger partial charge on any atom is -0.481 e. The van der Waals surface area contributed by atoms with Crippen molar-refractivity contribution in [2.45, 2.75) is 19.4 Å². The molecular weight excluding hydrogens is 258 g/mol. The maximum Gasteiger partial charge on any atom is 0.308 e. The standard InChI is InChI=1S/C14H15N3O3/c1-8(17-6-10(14(19)20)5-13(17)18)9-2-3-11-12(4-9)16-7-15-11/h2-4,7-8,10H,5-6H2,1H3,(H,15,16)(H,19,20). The van der Waals surface area contributed by atoms with Gasteiger partial charge >= 0.3 is 5.97 Å². The molecule has 1 aromatic carbocycles. The minimum atomic E-state index is -0.905. The number of carbonyl (C=O) groups excluding carboxylic acids is 1. The first-order valence-electron chi connectivity index (χ1n) is 6.51. The van der Waals surface area contributed by atoms with E-state index in [1.807, 2.05) is 25.1 Å². The number of likely N-dealkylation sites (tertiary alicyclic amines) is 1. The van der Waals surface area contributed by atoms with Crippen LogP contribution in [0.4, 0.5) is 0 Å². The van der Waals surface area contributed by atoms with Crippen LogP contribution < -0.4 is 0 Å². The Labute approximate surface area is 115 Å². The highest BCUT2D eigenvalue weighted by molar-refractivity contribution is 5.86. The summed E-state index contributed by atoms with van der Waals surface area (Å²) >= 11 is 0. The molecule has 1 fully saturated rings. The summed E-state index contributed by atoms with van der Waals surface area (Å²) in [5.74, 6) is -1.60. The molecule has 6 nitrogen and oxygen atoms in total. The predicted molar refractivity (Wildman–Crippen MR) is 72.0 cm³/mol. The van der Waals surface area contributed by atoms with Gasteiger partial charge in [-0.05, 0) is 24.6 Å². The van der Waals surface area contributed by atoms with Crippen LogP contribution in [0.2, 0.25) is 0 Å². The molecule has 0 saturated carbocycles. The summed E-state index contributed by atoms with van der Waals surface area (Å²) in [5, 5.41) is 9.02. The number of carboxylic acid groups (broad SMARTS) is 1. The zero-order valence-electron chi connectivity index (χ0n) is 11.0. The highest BCUT2D eigenvalue weighted by Gasteiger charge is 2.36. The van der Waals surface area contributed by atoms with Crippen LogP contribution in [0.3, 0.4) is 0 Å². The van der Waals surface area contributed by atoms with Crippen LogP contribution in [0, 0.1) is 5.92 Å². The van der Waals surface area contributed by atoms with Gasteiger partial charge in [0.2, 0.25) is 5.91 Å². The van der Waals surface area contributed by atoms with E-state index in [-0.39, 0.29) is 24.9 Å². The van der Waals surface area contributed by atoms with Gasteiger partial charge in [0.05, 0.1) is 29.3 Å². The number of hydrogen-bond donors (Lipinski definition) is 2. The van der Waals surface area contributed by atoms with Gasteiger partial charge in [-0.2, -0.15) is 0 Å². The largest absolute Gasteiger partial charge is 0.481 e. The fourth-order valence-electron chi connectivity index (χ4n) is 2.66. The lowest BCUT2D eigenvalue weighted by Gasteiger charge is -2.25. The SMILES string of the molecule is CC(c1ccc2nc[nH]c2c1)N1CC(C(=O)O)CC1=O. The van der Waals surface area contributed by atoms with Gasteiger partial charge in [0.1, 0.15) is 0 Å². The zero-order chi connectivity index (χ0) is 14.3. The molecule has 0 aliphatic carbocycles. The lowest BCUT2D eigenvalue weighted by Crippen LogP contribution is -2.29. The fourth-order valence-corrected chi connectivity index (χ4v) is 2.66. The first-order chi connectivity index (χ1) is 9.56. The molecule has 0 spiro atoms. The van der Waals surface area contributed by atoms with Crippen molar-refractivity contribution in [1.82, 2.24) is 14.9 Å². The Morgan fingerprint density at radius 1 is 1.55 bits per heavy atom. The smallest absolute Gasteiger partial charge is 0.308 e. The topological polar surface area (TPSA) is 86.3 Å². The first kappa shape index (κ1) is 12.7.